The molecule has 1 rings (SSSR count). The molecule has 0 saturated heterocycles. The predicted molar refractivity (Wildman–Crippen MR) is 65.3 cm³/mol. The topological polar surface area (TPSA) is 9.23 Å². The van der Waals surface area contributed by atoms with Gasteiger partial charge in [0, 0.05) is 13.7 Å². The third-order valence-electron chi connectivity index (χ3n) is 2.63. The molecular weight excluding hydrogens is 184 g/mol. The van der Waals surface area contributed by atoms with Crippen molar-refractivity contribution in [3.8, 4) is 0 Å². The van der Waals surface area contributed by atoms with Gasteiger partial charge in [-0.1, -0.05) is 45.0 Å². The minimum Gasteiger partial charge on any atom is -0.385 e. The normalized spacial score (nSPS) is 11.7. The van der Waals surface area contributed by atoms with Crippen LogP contribution in [0.1, 0.15) is 38.3 Å². The molecule has 1 heteroatoms. The van der Waals surface area contributed by atoms with Crippen LogP contribution in [0, 0.1) is 0 Å². The van der Waals surface area contributed by atoms with Gasteiger partial charge in [-0.3, -0.25) is 0 Å². The van der Waals surface area contributed by atoms with Crippen molar-refractivity contribution in [2.45, 2.75) is 39.0 Å². The van der Waals surface area contributed by atoms with E-state index < -0.39 is 0 Å². The Labute approximate surface area is 93.5 Å². The lowest BCUT2D eigenvalue weighted by molar-refractivity contribution is 0.195. The summed E-state index contributed by atoms with van der Waals surface area (Å²) < 4.78 is 5.04. The molecule has 0 heterocycles. The Kier molecular flexibility index (Phi) is 4.34. The number of hydrogen-bond donors (Lipinski definition) is 0. The van der Waals surface area contributed by atoms with Crippen molar-refractivity contribution in [1.29, 1.82) is 0 Å². The third kappa shape index (κ3) is 4.05. The van der Waals surface area contributed by atoms with E-state index in [0.717, 1.165) is 19.4 Å². The number of rotatable bonds is 4. The Morgan fingerprint density at radius 3 is 2.13 bits per heavy atom. The third-order valence-corrected chi connectivity index (χ3v) is 2.63. The summed E-state index contributed by atoms with van der Waals surface area (Å²) >= 11 is 0. The fraction of sp³-hybridized carbons (Fsp3) is 0.571. The number of hydrogen-bond acceptors (Lipinski definition) is 1. The van der Waals surface area contributed by atoms with Gasteiger partial charge in [0.25, 0.3) is 0 Å². The number of aryl methyl sites for hydroxylation is 1. The van der Waals surface area contributed by atoms with Gasteiger partial charge in [0.15, 0.2) is 0 Å². The van der Waals surface area contributed by atoms with Gasteiger partial charge in [-0.15, -0.1) is 0 Å². The van der Waals surface area contributed by atoms with Crippen LogP contribution in [-0.4, -0.2) is 13.7 Å². The Morgan fingerprint density at radius 2 is 1.67 bits per heavy atom. The standard InChI is InChI=1S/C14H22O/c1-14(2,3)13-9-7-12(8-10-13)6-5-11-15-4/h7-10H,5-6,11H2,1-4H3. The molecular formula is C14H22O. The van der Waals surface area contributed by atoms with Crippen LogP contribution < -0.4 is 0 Å². The maximum atomic E-state index is 5.04. The lowest BCUT2D eigenvalue weighted by Crippen LogP contribution is -2.10. The number of ether oxygens (including phenoxy) is 1. The van der Waals surface area contributed by atoms with Crippen LogP contribution in [0.25, 0.3) is 0 Å². The zero-order valence-corrected chi connectivity index (χ0v) is 10.3. The molecule has 0 atom stereocenters. The van der Waals surface area contributed by atoms with Gasteiger partial charge in [-0.05, 0) is 29.4 Å². The van der Waals surface area contributed by atoms with E-state index in [0.29, 0.717) is 0 Å². The Hall–Kier alpha value is -0.820. The first kappa shape index (κ1) is 12.3. The van der Waals surface area contributed by atoms with Gasteiger partial charge >= 0.3 is 0 Å². The van der Waals surface area contributed by atoms with Crippen LogP contribution in [0.5, 0.6) is 0 Å². The summed E-state index contributed by atoms with van der Waals surface area (Å²) in [5.41, 5.74) is 3.06. The SMILES string of the molecule is COCCCc1ccc(C(C)(C)C)cc1. The van der Waals surface area contributed by atoms with Crippen molar-refractivity contribution in [1.82, 2.24) is 0 Å². The van der Waals surface area contributed by atoms with Crippen molar-refractivity contribution >= 4 is 0 Å². The fourth-order valence-corrected chi connectivity index (χ4v) is 1.59. The molecule has 0 bridgehead atoms. The van der Waals surface area contributed by atoms with E-state index in [2.05, 4.69) is 45.0 Å². The van der Waals surface area contributed by atoms with Crippen LogP contribution in [0.2, 0.25) is 0 Å². The smallest absolute Gasteiger partial charge is 0.0465 e. The molecule has 15 heavy (non-hydrogen) atoms. The van der Waals surface area contributed by atoms with Crippen molar-refractivity contribution in [3.63, 3.8) is 0 Å². The van der Waals surface area contributed by atoms with E-state index in [1.807, 2.05) is 0 Å². The maximum Gasteiger partial charge on any atom is 0.0465 e. The first-order valence-electron chi connectivity index (χ1n) is 5.62. The summed E-state index contributed by atoms with van der Waals surface area (Å²) in [7, 11) is 1.75. The van der Waals surface area contributed by atoms with E-state index in [-0.39, 0.29) is 5.41 Å². The number of methoxy groups -OCH3 is 1. The van der Waals surface area contributed by atoms with Gasteiger partial charge in [-0.25, -0.2) is 0 Å². The van der Waals surface area contributed by atoms with Crippen molar-refractivity contribution < 1.29 is 4.74 Å². The first-order valence-corrected chi connectivity index (χ1v) is 5.62. The van der Waals surface area contributed by atoms with Crippen LogP contribution >= 0.6 is 0 Å². The molecule has 0 N–H and O–H groups in total. The van der Waals surface area contributed by atoms with Crippen LogP contribution in [-0.2, 0) is 16.6 Å². The molecule has 0 unspecified atom stereocenters. The molecule has 1 aromatic carbocycles. The highest BCUT2D eigenvalue weighted by Gasteiger charge is 2.12. The molecule has 1 aromatic rings. The Bertz CT molecular complexity index is 279. The summed E-state index contributed by atoms with van der Waals surface area (Å²) in [6, 6.07) is 8.94. The zero-order chi connectivity index (χ0) is 11.3. The Balaban J connectivity index is 2.57. The molecule has 0 amide bonds. The average Bonchev–Trinajstić information content (AvgIpc) is 2.18. The molecule has 0 spiro atoms. The van der Waals surface area contributed by atoms with Crippen molar-refractivity contribution in [2.24, 2.45) is 0 Å². The highest BCUT2D eigenvalue weighted by atomic mass is 16.5. The Morgan fingerprint density at radius 1 is 1.07 bits per heavy atom. The second kappa shape index (κ2) is 5.32. The summed E-state index contributed by atoms with van der Waals surface area (Å²) in [6.07, 6.45) is 2.21. The molecule has 1 nitrogen and oxygen atoms in total. The minimum atomic E-state index is 0.255. The average molecular weight is 206 g/mol. The summed E-state index contributed by atoms with van der Waals surface area (Å²) in [5, 5.41) is 0. The predicted octanol–water partition coefficient (Wildman–Crippen LogP) is 3.56. The van der Waals surface area contributed by atoms with Crippen LogP contribution in [0.15, 0.2) is 24.3 Å². The summed E-state index contributed by atoms with van der Waals surface area (Å²) in [6.45, 7) is 7.58. The largest absolute Gasteiger partial charge is 0.385 e. The molecule has 0 fully saturated rings. The van der Waals surface area contributed by atoms with E-state index in [4.69, 9.17) is 4.74 Å². The van der Waals surface area contributed by atoms with Gasteiger partial charge < -0.3 is 4.74 Å². The molecule has 0 aliphatic carbocycles. The van der Waals surface area contributed by atoms with Crippen LogP contribution in [0.4, 0.5) is 0 Å². The minimum absolute atomic E-state index is 0.255. The summed E-state index contributed by atoms with van der Waals surface area (Å²) in [4.78, 5) is 0. The van der Waals surface area contributed by atoms with E-state index in [9.17, 15) is 0 Å². The summed E-state index contributed by atoms with van der Waals surface area (Å²) in [5.74, 6) is 0. The van der Waals surface area contributed by atoms with Gasteiger partial charge in [0.2, 0.25) is 0 Å². The quantitative estimate of drug-likeness (QED) is 0.684. The van der Waals surface area contributed by atoms with Gasteiger partial charge in [0.1, 0.15) is 0 Å². The zero-order valence-electron chi connectivity index (χ0n) is 10.3. The maximum absolute atomic E-state index is 5.04. The second-order valence-corrected chi connectivity index (χ2v) is 5.04. The van der Waals surface area contributed by atoms with Gasteiger partial charge in [-0.2, -0.15) is 0 Å². The highest BCUT2D eigenvalue weighted by molar-refractivity contribution is 5.27. The van der Waals surface area contributed by atoms with Gasteiger partial charge in [0.05, 0.1) is 0 Å². The van der Waals surface area contributed by atoms with E-state index in [1.165, 1.54) is 11.1 Å². The van der Waals surface area contributed by atoms with E-state index >= 15 is 0 Å². The molecule has 0 aliphatic rings. The molecule has 0 aliphatic heterocycles. The fourth-order valence-electron chi connectivity index (χ4n) is 1.59. The molecule has 0 saturated carbocycles. The van der Waals surface area contributed by atoms with E-state index in [1.54, 1.807) is 7.11 Å². The monoisotopic (exact) mass is 206 g/mol. The van der Waals surface area contributed by atoms with Crippen LogP contribution in [0.3, 0.4) is 0 Å². The molecule has 0 radical (unpaired) electrons. The molecule has 0 aromatic heterocycles. The lowest BCUT2D eigenvalue weighted by Gasteiger charge is -2.19. The highest BCUT2D eigenvalue weighted by Crippen LogP contribution is 2.22. The first-order chi connectivity index (χ1) is 7.04. The second-order valence-electron chi connectivity index (χ2n) is 5.04. The number of benzene rings is 1. The lowest BCUT2D eigenvalue weighted by atomic mass is 9.86. The van der Waals surface area contributed by atoms with Crippen molar-refractivity contribution in [2.75, 3.05) is 13.7 Å². The molecule has 84 valence electrons. The van der Waals surface area contributed by atoms with Crippen molar-refractivity contribution in [3.05, 3.63) is 35.4 Å².